The fraction of sp³-hybridized carbons (Fsp3) is 0.211. The minimum atomic E-state index is -3.98. The molecule has 0 saturated heterocycles. The van der Waals surface area contributed by atoms with Gasteiger partial charge in [0.1, 0.15) is 5.75 Å². The highest BCUT2D eigenvalue weighted by Crippen LogP contribution is 2.19. The molecule has 0 aromatic heterocycles. The summed E-state index contributed by atoms with van der Waals surface area (Å²) < 4.78 is 32.8. The van der Waals surface area contributed by atoms with E-state index in [4.69, 9.17) is 28.4 Å². The lowest BCUT2D eigenvalue weighted by atomic mass is 10.2. The van der Waals surface area contributed by atoms with Gasteiger partial charge in [0.2, 0.25) is 5.96 Å². The van der Waals surface area contributed by atoms with Crippen LogP contribution in [0.5, 0.6) is 5.75 Å². The Labute approximate surface area is 180 Å². The first-order valence-electron chi connectivity index (χ1n) is 8.88. The van der Waals surface area contributed by atoms with Gasteiger partial charge in [-0.2, -0.15) is 8.42 Å². The smallest absolute Gasteiger partial charge is 0.285 e. The second-order valence-corrected chi connectivity index (χ2v) is 8.64. The number of nitrogens with one attached hydrogen (secondary N) is 2. The van der Waals surface area contributed by atoms with Crippen LogP contribution in [0.15, 0.2) is 57.8 Å². The van der Waals surface area contributed by atoms with Crippen molar-refractivity contribution in [1.82, 2.24) is 5.32 Å². The first-order valence-corrected chi connectivity index (χ1v) is 10.7. The second-order valence-electron chi connectivity index (χ2n) is 6.62. The Kier molecular flexibility index (Phi) is 7.72. The van der Waals surface area contributed by atoms with E-state index < -0.39 is 21.9 Å². The lowest BCUT2D eigenvalue weighted by Gasteiger charge is -2.14. The molecule has 2 rings (SSSR count). The lowest BCUT2D eigenvalue weighted by Crippen LogP contribution is -2.34. The number of carbonyl (C=O) groups is 1. The molecule has 11 heteroatoms. The number of amides is 1. The normalized spacial score (nSPS) is 10.9. The molecule has 0 spiro atoms. The minimum absolute atomic E-state index is 0.0403. The van der Waals surface area contributed by atoms with Gasteiger partial charge in [-0.1, -0.05) is 26.0 Å². The monoisotopic (exact) mass is 449 g/mol. The van der Waals surface area contributed by atoms with Crippen LogP contribution < -0.4 is 26.8 Å². The highest BCUT2D eigenvalue weighted by Gasteiger charge is 2.15. The van der Waals surface area contributed by atoms with Crippen molar-refractivity contribution in [3.8, 4) is 5.75 Å². The van der Waals surface area contributed by atoms with Crippen molar-refractivity contribution in [2.45, 2.75) is 18.7 Å². The molecular weight excluding hydrogens is 426 g/mol. The quantitative estimate of drug-likeness (QED) is 0.284. The van der Waals surface area contributed by atoms with Crippen LogP contribution >= 0.6 is 12.2 Å². The number of hydrogen-bond acceptors (Lipinski definition) is 5. The molecule has 0 saturated carbocycles. The number of para-hydroxylation sites is 1. The minimum Gasteiger partial charge on any atom is -0.492 e. The van der Waals surface area contributed by atoms with E-state index in [2.05, 4.69) is 15.0 Å². The van der Waals surface area contributed by atoms with E-state index in [1.54, 1.807) is 24.3 Å². The van der Waals surface area contributed by atoms with Gasteiger partial charge in [0, 0.05) is 5.69 Å². The summed E-state index contributed by atoms with van der Waals surface area (Å²) in [6.07, 6.45) is 0. The number of sulfonamides is 1. The maximum absolute atomic E-state index is 12.6. The number of rotatable bonds is 7. The lowest BCUT2D eigenvalue weighted by molar-refractivity contribution is 0.0973. The topological polar surface area (TPSA) is 149 Å². The predicted molar refractivity (Wildman–Crippen MR) is 120 cm³/mol. The number of nitrogens with zero attached hydrogens (tertiary/aromatic N) is 1. The highest BCUT2D eigenvalue weighted by molar-refractivity contribution is 7.90. The van der Waals surface area contributed by atoms with Crippen molar-refractivity contribution in [3.63, 3.8) is 0 Å². The summed E-state index contributed by atoms with van der Waals surface area (Å²) in [5, 5.41) is 5.42. The molecule has 160 valence electrons. The van der Waals surface area contributed by atoms with Crippen molar-refractivity contribution in [3.05, 3.63) is 54.1 Å². The Morgan fingerprint density at radius 1 is 1.13 bits per heavy atom. The number of nitrogens with two attached hydrogens (primary N) is 2. The summed E-state index contributed by atoms with van der Waals surface area (Å²) >= 11 is 5.17. The Hall–Kier alpha value is -3.18. The maximum atomic E-state index is 12.6. The summed E-state index contributed by atoms with van der Waals surface area (Å²) in [7, 11) is -3.98. The van der Waals surface area contributed by atoms with Gasteiger partial charge in [-0.05, 0) is 54.5 Å². The van der Waals surface area contributed by atoms with Gasteiger partial charge in [-0.25, -0.2) is 0 Å². The summed E-state index contributed by atoms with van der Waals surface area (Å²) in [6.45, 7) is 4.49. The van der Waals surface area contributed by atoms with E-state index in [1.807, 2.05) is 13.8 Å². The van der Waals surface area contributed by atoms with Crippen LogP contribution in [-0.2, 0) is 10.0 Å². The van der Waals surface area contributed by atoms with E-state index in [0.29, 0.717) is 29.5 Å². The third-order valence-corrected chi connectivity index (χ3v) is 5.09. The number of guanidine groups is 1. The van der Waals surface area contributed by atoms with Gasteiger partial charge in [0.15, 0.2) is 5.11 Å². The number of ether oxygens (including phenoxy) is 1. The van der Waals surface area contributed by atoms with Crippen LogP contribution in [0.1, 0.15) is 24.2 Å². The van der Waals surface area contributed by atoms with Gasteiger partial charge >= 0.3 is 0 Å². The van der Waals surface area contributed by atoms with Crippen LogP contribution in [0.4, 0.5) is 5.69 Å². The molecule has 6 N–H and O–H groups in total. The molecule has 30 heavy (non-hydrogen) atoms. The molecule has 0 fully saturated rings. The fourth-order valence-corrected chi connectivity index (χ4v) is 3.34. The van der Waals surface area contributed by atoms with Crippen LogP contribution in [-0.4, -0.2) is 32.0 Å². The van der Waals surface area contributed by atoms with Gasteiger partial charge < -0.3 is 21.5 Å². The van der Waals surface area contributed by atoms with E-state index in [0.717, 1.165) is 0 Å². The van der Waals surface area contributed by atoms with E-state index in [9.17, 15) is 13.2 Å². The Bertz CT molecular complexity index is 1050. The van der Waals surface area contributed by atoms with Crippen LogP contribution in [0, 0.1) is 5.92 Å². The average molecular weight is 450 g/mol. The Morgan fingerprint density at radius 2 is 1.77 bits per heavy atom. The van der Waals surface area contributed by atoms with Crippen molar-refractivity contribution < 1.29 is 17.9 Å². The number of thiocarbonyl (C=S) groups is 1. The molecule has 0 unspecified atom stereocenters. The van der Waals surface area contributed by atoms with E-state index in [-0.39, 0.29) is 10.0 Å². The molecule has 2 aromatic rings. The first-order chi connectivity index (χ1) is 14.1. The van der Waals surface area contributed by atoms with Gasteiger partial charge in [-0.3, -0.25) is 10.1 Å². The molecule has 0 bridgehead atoms. The molecule has 0 radical (unpaired) electrons. The molecule has 0 atom stereocenters. The standard InChI is InChI=1S/C19H23N5O4S2/c1-12(2)11-28-16-6-4-3-5-15(16)17(25)23-19(29)22-13-7-9-14(10-8-13)30(26,27)24-18(20)21/h3-10,12H,11H2,1-2H3,(H4,20,21,24)(H2,22,23,25,29). The first kappa shape index (κ1) is 23.1. The zero-order chi connectivity index (χ0) is 22.3. The molecule has 2 aromatic carbocycles. The Balaban J connectivity index is 2.04. The van der Waals surface area contributed by atoms with Gasteiger partial charge in [0.25, 0.3) is 15.9 Å². The fourth-order valence-electron chi connectivity index (χ4n) is 2.27. The Morgan fingerprint density at radius 3 is 2.37 bits per heavy atom. The molecule has 9 nitrogen and oxygen atoms in total. The van der Waals surface area contributed by atoms with Gasteiger partial charge in [-0.15, -0.1) is 4.40 Å². The molecule has 0 heterocycles. The largest absolute Gasteiger partial charge is 0.492 e. The highest BCUT2D eigenvalue weighted by atomic mass is 32.2. The maximum Gasteiger partial charge on any atom is 0.285 e. The number of carbonyl (C=O) groups excluding carboxylic acids is 1. The second kappa shape index (κ2) is 10.0. The van der Waals surface area contributed by atoms with Crippen molar-refractivity contribution >= 4 is 44.9 Å². The van der Waals surface area contributed by atoms with Crippen molar-refractivity contribution in [2.24, 2.45) is 21.8 Å². The summed E-state index contributed by atoms with van der Waals surface area (Å²) in [5.74, 6) is -0.221. The zero-order valence-corrected chi connectivity index (χ0v) is 18.1. The summed E-state index contributed by atoms with van der Waals surface area (Å²) in [4.78, 5) is 12.5. The SMILES string of the molecule is CC(C)COc1ccccc1C(=O)NC(=S)Nc1ccc(S(=O)(=O)N=C(N)N)cc1. The molecular formula is C19H23N5O4S2. The number of anilines is 1. The number of hydrogen-bond donors (Lipinski definition) is 4. The van der Waals surface area contributed by atoms with Crippen molar-refractivity contribution in [1.29, 1.82) is 0 Å². The summed E-state index contributed by atoms with van der Waals surface area (Å²) in [6, 6.07) is 12.4. The molecule has 0 aliphatic rings. The predicted octanol–water partition coefficient (Wildman–Crippen LogP) is 1.81. The number of benzene rings is 2. The molecule has 0 aliphatic carbocycles. The average Bonchev–Trinajstić information content (AvgIpc) is 2.65. The third kappa shape index (κ3) is 6.71. The van der Waals surface area contributed by atoms with Crippen LogP contribution in [0.2, 0.25) is 0 Å². The molecule has 0 aliphatic heterocycles. The van der Waals surface area contributed by atoms with E-state index >= 15 is 0 Å². The summed E-state index contributed by atoms with van der Waals surface area (Å²) in [5.41, 5.74) is 11.1. The zero-order valence-electron chi connectivity index (χ0n) is 16.5. The molecule has 1 amide bonds. The van der Waals surface area contributed by atoms with Crippen LogP contribution in [0.3, 0.4) is 0 Å². The van der Waals surface area contributed by atoms with E-state index in [1.165, 1.54) is 24.3 Å². The third-order valence-electron chi connectivity index (χ3n) is 3.57. The van der Waals surface area contributed by atoms with Crippen molar-refractivity contribution in [2.75, 3.05) is 11.9 Å². The van der Waals surface area contributed by atoms with Crippen LogP contribution in [0.25, 0.3) is 0 Å². The van der Waals surface area contributed by atoms with Gasteiger partial charge in [0.05, 0.1) is 17.1 Å².